The summed E-state index contributed by atoms with van der Waals surface area (Å²) in [6, 6.07) is 7.54. The number of benzene rings is 1. The van der Waals surface area contributed by atoms with E-state index in [0.717, 1.165) is 18.7 Å². The second-order valence-electron chi connectivity index (χ2n) is 4.10. The molecule has 4 heteroatoms. The molecule has 0 aromatic heterocycles. The summed E-state index contributed by atoms with van der Waals surface area (Å²) in [5.74, 6) is 0.159. The van der Waals surface area contributed by atoms with Gasteiger partial charge < -0.3 is 10.2 Å². The zero-order valence-electron chi connectivity index (χ0n) is 9.24. The van der Waals surface area contributed by atoms with Crippen LogP contribution in [0.25, 0.3) is 0 Å². The molecule has 1 aliphatic rings. The topological polar surface area (TPSA) is 32.3 Å². The number of carbonyl (C=O) groups excluding carboxylic acids is 1. The van der Waals surface area contributed by atoms with Gasteiger partial charge in [-0.05, 0) is 24.1 Å². The van der Waals surface area contributed by atoms with Crippen LogP contribution in [0, 0.1) is 0 Å². The molecule has 1 saturated heterocycles. The maximum absolute atomic E-state index is 11.8. The average molecular weight is 239 g/mol. The second-order valence-corrected chi connectivity index (χ2v) is 4.54. The molecule has 1 fully saturated rings. The predicted octanol–water partition coefficient (Wildman–Crippen LogP) is 1.31. The van der Waals surface area contributed by atoms with Crippen molar-refractivity contribution in [3.63, 3.8) is 0 Å². The Morgan fingerprint density at radius 1 is 1.56 bits per heavy atom. The van der Waals surface area contributed by atoms with Crippen LogP contribution in [0.4, 0.5) is 0 Å². The van der Waals surface area contributed by atoms with Gasteiger partial charge in [-0.2, -0.15) is 0 Å². The molecule has 1 aromatic carbocycles. The van der Waals surface area contributed by atoms with Crippen molar-refractivity contribution in [3.8, 4) is 0 Å². The van der Waals surface area contributed by atoms with Crippen LogP contribution in [-0.2, 0) is 11.2 Å². The molecule has 1 amide bonds. The number of rotatable bonds is 2. The number of likely N-dealkylation sites (N-methyl/N-ethyl adjacent to an activating group) is 1. The number of amides is 1. The molecule has 1 aromatic rings. The van der Waals surface area contributed by atoms with Crippen molar-refractivity contribution in [2.24, 2.45) is 0 Å². The van der Waals surface area contributed by atoms with E-state index in [1.807, 2.05) is 31.3 Å². The molecule has 1 aliphatic heterocycles. The number of hydrogen-bond acceptors (Lipinski definition) is 2. The van der Waals surface area contributed by atoms with Crippen molar-refractivity contribution in [1.82, 2.24) is 10.2 Å². The standard InChI is InChI=1S/C12H15ClN2O/c1-15-6-5-14-11(12(15)16)8-9-3-2-4-10(13)7-9/h2-4,7,11,14H,5-6,8H2,1H3. The lowest BCUT2D eigenvalue weighted by molar-refractivity contribution is -0.134. The van der Waals surface area contributed by atoms with E-state index in [1.165, 1.54) is 0 Å². The highest BCUT2D eigenvalue weighted by atomic mass is 35.5. The minimum atomic E-state index is -0.114. The maximum atomic E-state index is 11.8. The van der Waals surface area contributed by atoms with E-state index in [9.17, 15) is 4.79 Å². The first kappa shape index (κ1) is 11.4. The van der Waals surface area contributed by atoms with Crippen molar-refractivity contribution in [1.29, 1.82) is 0 Å². The first-order chi connectivity index (χ1) is 7.66. The van der Waals surface area contributed by atoms with Crippen molar-refractivity contribution in [3.05, 3.63) is 34.9 Å². The van der Waals surface area contributed by atoms with Crippen LogP contribution >= 0.6 is 11.6 Å². The molecular weight excluding hydrogens is 224 g/mol. The van der Waals surface area contributed by atoms with Gasteiger partial charge in [-0.3, -0.25) is 4.79 Å². The first-order valence-electron chi connectivity index (χ1n) is 5.39. The van der Waals surface area contributed by atoms with Crippen LogP contribution in [0.3, 0.4) is 0 Å². The maximum Gasteiger partial charge on any atom is 0.239 e. The minimum Gasteiger partial charge on any atom is -0.343 e. The Kier molecular flexibility index (Phi) is 3.46. The fourth-order valence-corrected chi connectivity index (χ4v) is 2.14. The summed E-state index contributed by atoms with van der Waals surface area (Å²) < 4.78 is 0. The quantitative estimate of drug-likeness (QED) is 0.843. The number of nitrogens with zero attached hydrogens (tertiary/aromatic N) is 1. The van der Waals surface area contributed by atoms with Gasteiger partial charge in [0, 0.05) is 25.2 Å². The molecule has 0 saturated carbocycles. The first-order valence-corrected chi connectivity index (χ1v) is 5.77. The fourth-order valence-electron chi connectivity index (χ4n) is 1.93. The SMILES string of the molecule is CN1CCNC(Cc2cccc(Cl)c2)C1=O. The van der Waals surface area contributed by atoms with E-state index in [1.54, 1.807) is 4.90 Å². The highest BCUT2D eigenvalue weighted by molar-refractivity contribution is 6.30. The Morgan fingerprint density at radius 2 is 2.38 bits per heavy atom. The van der Waals surface area contributed by atoms with Gasteiger partial charge in [0.25, 0.3) is 0 Å². The summed E-state index contributed by atoms with van der Waals surface area (Å²) >= 11 is 5.91. The molecule has 1 N–H and O–H groups in total. The van der Waals surface area contributed by atoms with E-state index < -0.39 is 0 Å². The molecule has 0 aliphatic carbocycles. The predicted molar refractivity (Wildman–Crippen MR) is 64.6 cm³/mol. The zero-order valence-corrected chi connectivity index (χ0v) is 10.00. The van der Waals surface area contributed by atoms with Crippen LogP contribution in [-0.4, -0.2) is 37.0 Å². The number of nitrogens with one attached hydrogen (secondary N) is 1. The zero-order chi connectivity index (χ0) is 11.5. The number of halogens is 1. The molecule has 86 valence electrons. The highest BCUT2D eigenvalue weighted by Gasteiger charge is 2.25. The Morgan fingerprint density at radius 3 is 3.12 bits per heavy atom. The Bertz CT molecular complexity index is 394. The van der Waals surface area contributed by atoms with E-state index in [0.29, 0.717) is 11.4 Å². The molecule has 1 heterocycles. The summed E-state index contributed by atoms with van der Waals surface area (Å²) in [4.78, 5) is 13.6. The molecule has 1 atom stereocenters. The molecule has 1 unspecified atom stereocenters. The fraction of sp³-hybridized carbons (Fsp3) is 0.417. The van der Waals surface area contributed by atoms with Gasteiger partial charge in [-0.15, -0.1) is 0 Å². The summed E-state index contributed by atoms with van der Waals surface area (Å²) in [6.07, 6.45) is 0.698. The number of piperazine rings is 1. The van der Waals surface area contributed by atoms with Gasteiger partial charge >= 0.3 is 0 Å². The summed E-state index contributed by atoms with van der Waals surface area (Å²) in [5.41, 5.74) is 1.09. The number of hydrogen-bond donors (Lipinski definition) is 1. The Hall–Kier alpha value is -1.06. The molecular formula is C12H15ClN2O. The van der Waals surface area contributed by atoms with E-state index in [4.69, 9.17) is 11.6 Å². The molecule has 2 rings (SSSR count). The summed E-state index contributed by atoms with van der Waals surface area (Å²) in [6.45, 7) is 1.64. The molecule has 0 spiro atoms. The lowest BCUT2D eigenvalue weighted by atomic mass is 10.0. The normalized spacial score (nSPS) is 21.2. The van der Waals surface area contributed by atoms with Crippen molar-refractivity contribution >= 4 is 17.5 Å². The molecule has 0 bridgehead atoms. The van der Waals surface area contributed by atoms with Gasteiger partial charge in [0.15, 0.2) is 0 Å². The molecule has 3 nitrogen and oxygen atoms in total. The Labute approximate surface area is 100 Å². The van der Waals surface area contributed by atoms with Gasteiger partial charge in [0.1, 0.15) is 0 Å². The lowest BCUT2D eigenvalue weighted by Gasteiger charge is -2.30. The van der Waals surface area contributed by atoms with Gasteiger partial charge in [-0.25, -0.2) is 0 Å². The smallest absolute Gasteiger partial charge is 0.239 e. The van der Waals surface area contributed by atoms with Gasteiger partial charge in [0.05, 0.1) is 6.04 Å². The lowest BCUT2D eigenvalue weighted by Crippen LogP contribution is -2.54. The van der Waals surface area contributed by atoms with Crippen molar-refractivity contribution in [2.45, 2.75) is 12.5 Å². The summed E-state index contributed by atoms with van der Waals surface area (Å²) in [5, 5.41) is 3.95. The van der Waals surface area contributed by atoms with E-state index >= 15 is 0 Å². The largest absolute Gasteiger partial charge is 0.343 e. The monoisotopic (exact) mass is 238 g/mol. The Balaban J connectivity index is 2.06. The van der Waals surface area contributed by atoms with Gasteiger partial charge in [0.2, 0.25) is 5.91 Å². The van der Waals surface area contributed by atoms with Crippen LogP contribution in [0.5, 0.6) is 0 Å². The third kappa shape index (κ3) is 2.54. The summed E-state index contributed by atoms with van der Waals surface area (Å²) in [7, 11) is 1.84. The number of carbonyl (C=O) groups is 1. The van der Waals surface area contributed by atoms with Crippen molar-refractivity contribution < 1.29 is 4.79 Å². The van der Waals surface area contributed by atoms with E-state index in [-0.39, 0.29) is 11.9 Å². The van der Waals surface area contributed by atoms with Crippen LogP contribution in [0.2, 0.25) is 5.02 Å². The van der Waals surface area contributed by atoms with E-state index in [2.05, 4.69) is 5.32 Å². The van der Waals surface area contributed by atoms with Gasteiger partial charge in [-0.1, -0.05) is 23.7 Å². The third-order valence-corrected chi connectivity index (χ3v) is 3.08. The third-order valence-electron chi connectivity index (χ3n) is 2.84. The van der Waals surface area contributed by atoms with Crippen LogP contribution in [0.15, 0.2) is 24.3 Å². The molecule has 0 radical (unpaired) electrons. The average Bonchev–Trinajstić information content (AvgIpc) is 2.25. The highest BCUT2D eigenvalue weighted by Crippen LogP contribution is 2.13. The second kappa shape index (κ2) is 4.85. The molecule has 16 heavy (non-hydrogen) atoms. The van der Waals surface area contributed by atoms with Crippen LogP contribution in [0.1, 0.15) is 5.56 Å². The van der Waals surface area contributed by atoms with Crippen LogP contribution < -0.4 is 5.32 Å². The van der Waals surface area contributed by atoms with Crippen molar-refractivity contribution in [2.75, 3.05) is 20.1 Å². The minimum absolute atomic E-state index is 0.114.